The van der Waals surface area contributed by atoms with E-state index in [2.05, 4.69) is 15.2 Å². The van der Waals surface area contributed by atoms with Gasteiger partial charge in [0.15, 0.2) is 5.58 Å². The average Bonchev–Trinajstić information content (AvgIpc) is 3.25. The average molecular weight is 374 g/mol. The second-order valence-corrected chi connectivity index (χ2v) is 6.70. The van der Waals surface area contributed by atoms with Gasteiger partial charge in [-0.25, -0.2) is 4.39 Å². The molecule has 0 radical (unpaired) electrons. The van der Waals surface area contributed by atoms with Gasteiger partial charge >= 0.3 is 0 Å². The number of anilines is 1. The number of para-hydroxylation sites is 2. The van der Waals surface area contributed by atoms with Crippen LogP contribution in [-0.4, -0.2) is 30.0 Å². The molecule has 2 heterocycles. The number of benzene rings is 2. The normalized spacial score (nSPS) is 17.0. The Balaban J connectivity index is 1.46. The van der Waals surface area contributed by atoms with Crippen molar-refractivity contribution in [3.63, 3.8) is 0 Å². The molecule has 0 saturated carbocycles. The van der Waals surface area contributed by atoms with Gasteiger partial charge in [0.25, 0.3) is 11.9 Å². The first-order valence-electron chi connectivity index (χ1n) is 8.47. The molecule has 7 heteroatoms. The number of aromatic nitrogens is 1. The molecular weight excluding hydrogens is 357 g/mol. The van der Waals surface area contributed by atoms with E-state index in [1.807, 2.05) is 24.3 Å². The lowest BCUT2D eigenvalue weighted by atomic mass is 10.2. The summed E-state index contributed by atoms with van der Waals surface area (Å²) >= 11 is 5.95. The monoisotopic (exact) mass is 373 g/mol. The van der Waals surface area contributed by atoms with Gasteiger partial charge in [-0.3, -0.25) is 4.79 Å². The number of fused-ring (bicyclic) bond motifs is 1. The Morgan fingerprint density at radius 1 is 1.35 bits per heavy atom. The van der Waals surface area contributed by atoms with Crippen LogP contribution < -0.4 is 10.2 Å². The molecule has 5 nitrogen and oxygen atoms in total. The fraction of sp³-hybridized carbons (Fsp3) is 0.263. The van der Waals surface area contributed by atoms with E-state index in [0.29, 0.717) is 12.6 Å². The number of halogens is 2. The van der Waals surface area contributed by atoms with Crippen LogP contribution in [0.2, 0.25) is 5.02 Å². The molecule has 3 aromatic rings. The van der Waals surface area contributed by atoms with Gasteiger partial charge in [0.05, 0.1) is 16.6 Å². The minimum absolute atomic E-state index is 0.0891. The van der Waals surface area contributed by atoms with Crippen LogP contribution in [0, 0.1) is 5.82 Å². The highest BCUT2D eigenvalue weighted by molar-refractivity contribution is 6.33. The van der Waals surface area contributed by atoms with Crippen molar-refractivity contribution in [1.82, 2.24) is 10.3 Å². The van der Waals surface area contributed by atoms with E-state index in [0.717, 1.165) is 36.6 Å². The standard InChI is InChI=1S/C19H17ClFN3O2/c20-15-10-12(21)7-8-14(15)18(25)22-11-13-4-3-9-24(13)19-23-16-5-1-2-6-17(16)26-19/h1-2,5-8,10,13H,3-4,9,11H2,(H,22,25)/t13-/m1/s1. The summed E-state index contributed by atoms with van der Waals surface area (Å²) in [5, 5.41) is 2.98. The molecule has 0 aliphatic carbocycles. The fourth-order valence-corrected chi connectivity index (χ4v) is 3.52. The lowest BCUT2D eigenvalue weighted by Gasteiger charge is -2.23. The van der Waals surface area contributed by atoms with Crippen molar-refractivity contribution in [3.8, 4) is 0 Å². The van der Waals surface area contributed by atoms with Gasteiger partial charge in [-0.05, 0) is 43.2 Å². The van der Waals surface area contributed by atoms with Gasteiger partial charge in [-0.2, -0.15) is 4.98 Å². The van der Waals surface area contributed by atoms with Gasteiger partial charge in [-0.15, -0.1) is 0 Å². The third kappa shape index (κ3) is 3.24. The molecule has 1 atom stereocenters. The number of amides is 1. The molecule has 0 bridgehead atoms. The van der Waals surface area contributed by atoms with Crippen molar-refractivity contribution in [2.75, 3.05) is 18.0 Å². The Bertz CT molecular complexity index is 926. The lowest BCUT2D eigenvalue weighted by molar-refractivity contribution is 0.0951. The van der Waals surface area contributed by atoms with Crippen molar-refractivity contribution in [3.05, 3.63) is 58.9 Å². The molecule has 4 rings (SSSR count). The Morgan fingerprint density at radius 3 is 3.00 bits per heavy atom. The van der Waals surface area contributed by atoms with Crippen molar-refractivity contribution in [2.45, 2.75) is 18.9 Å². The molecule has 1 amide bonds. The summed E-state index contributed by atoms with van der Waals surface area (Å²) in [6.07, 6.45) is 1.92. The summed E-state index contributed by atoms with van der Waals surface area (Å²) in [6, 6.07) is 12.0. The highest BCUT2D eigenvalue weighted by atomic mass is 35.5. The summed E-state index contributed by atoms with van der Waals surface area (Å²) < 4.78 is 19.0. The number of nitrogens with one attached hydrogen (secondary N) is 1. The topological polar surface area (TPSA) is 58.4 Å². The van der Waals surface area contributed by atoms with Crippen LogP contribution in [0.15, 0.2) is 46.9 Å². The molecular formula is C19H17ClFN3O2. The van der Waals surface area contributed by atoms with E-state index >= 15 is 0 Å². The summed E-state index contributed by atoms with van der Waals surface area (Å²) in [7, 11) is 0. The Kier molecular flexibility index (Phi) is 4.51. The predicted molar refractivity (Wildman–Crippen MR) is 98.1 cm³/mol. The van der Waals surface area contributed by atoms with Gasteiger partial charge in [-0.1, -0.05) is 23.7 Å². The highest BCUT2D eigenvalue weighted by Gasteiger charge is 2.29. The van der Waals surface area contributed by atoms with E-state index < -0.39 is 5.82 Å². The first-order valence-corrected chi connectivity index (χ1v) is 8.85. The Morgan fingerprint density at radius 2 is 2.19 bits per heavy atom. The molecule has 0 unspecified atom stereocenters. The number of rotatable bonds is 4. The quantitative estimate of drug-likeness (QED) is 0.750. The van der Waals surface area contributed by atoms with Crippen LogP contribution in [0.5, 0.6) is 0 Å². The van der Waals surface area contributed by atoms with Crippen LogP contribution in [-0.2, 0) is 0 Å². The van der Waals surface area contributed by atoms with Crippen molar-refractivity contribution in [1.29, 1.82) is 0 Å². The summed E-state index contributed by atoms with van der Waals surface area (Å²) in [4.78, 5) is 19.0. The summed E-state index contributed by atoms with van der Waals surface area (Å²) in [6.45, 7) is 1.26. The van der Waals surface area contributed by atoms with Gasteiger partial charge in [0.1, 0.15) is 11.3 Å². The maximum atomic E-state index is 13.1. The van der Waals surface area contributed by atoms with Crippen LogP contribution in [0.1, 0.15) is 23.2 Å². The van der Waals surface area contributed by atoms with Gasteiger partial charge in [0, 0.05) is 13.1 Å². The van der Waals surface area contributed by atoms with Crippen LogP contribution in [0.25, 0.3) is 11.1 Å². The molecule has 2 aromatic carbocycles. The summed E-state index contributed by atoms with van der Waals surface area (Å²) in [5.41, 5.74) is 1.82. The van der Waals surface area contributed by atoms with Gasteiger partial charge < -0.3 is 14.6 Å². The third-order valence-corrected chi connectivity index (χ3v) is 4.89. The zero-order valence-electron chi connectivity index (χ0n) is 13.9. The van der Waals surface area contributed by atoms with E-state index in [1.54, 1.807) is 0 Å². The van der Waals surface area contributed by atoms with Crippen molar-refractivity contribution < 1.29 is 13.6 Å². The lowest BCUT2D eigenvalue weighted by Crippen LogP contribution is -2.40. The number of oxazole rings is 1. The first kappa shape index (κ1) is 16.8. The van der Waals surface area contributed by atoms with Crippen molar-refractivity contribution >= 4 is 34.6 Å². The minimum Gasteiger partial charge on any atom is -0.423 e. The molecule has 1 aliphatic rings. The third-order valence-electron chi connectivity index (χ3n) is 4.58. The van der Waals surface area contributed by atoms with E-state index in [1.165, 1.54) is 12.1 Å². The number of carbonyl (C=O) groups excluding carboxylic acids is 1. The van der Waals surface area contributed by atoms with Crippen LogP contribution in [0.4, 0.5) is 10.4 Å². The van der Waals surface area contributed by atoms with Crippen LogP contribution in [0.3, 0.4) is 0 Å². The smallest absolute Gasteiger partial charge is 0.298 e. The molecule has 1 fully saturated rings. The summed E-state index contributed by atoms with van der Waals surface area (Å²) in [5.74, 6) is -0.788. The largest absolute Gasteiger partial charge is 0.423 e. The van der Waals surface area contributed by atoms with E-state index in [-0.39, 0.29) is 22.5 Å². The molecule has 1 N–H and O–H groups in total. The Labute approximate surface area is 154 Å². The molecule has 1 aliphatic heterocycles. The predicted octanol–water partition coefficient (Wildman–Crippen LogP) is 4.02. The highest BCUT2D eigenvalue weighted by Crippen LogP contribution is 2.28. The van der Waals surface area contributed by atoms with E-state index in [9.17, 15) is 9.18 Å². The van der Waals surface area contributed by atoms with E-state index in [4.69, 9.17) is 16.0 Å². The zero-order chi connectivity index (χ0) is 18.1. The van der Waals surface area contributed by atoms with Crippen molar-refractivity contribution in [2.24, 2.45) is 0 Å². The molecule has 134 valence electrons. The SMILES string of the molecule is O=C(NC[C@H]1CCCN1c1nc2ccccc2o1)c1ccc(F)cc1Cl. The maximum Gasteiger partial charge on any atom is 0.298 e. The number of nitrogens with zero attached hydrogens (tertiary/aromatic N) is 2. The second kappa shape index (κ2) is 6.96. The minimum atomic E-state index is -0.468. The number of hydrogen-bond acceptors (Lipinski definition) is 4. The fourth-order valence-electron chi connectivity index (χ4n) is 3.26. The zero-order valence-corrected chi connectivity index (χ0v) is 14.7. The number of hydrogen-bond donors (Lipinski definition) is 1. The second-order valence-electron chi connectivity index (χ2n) is 6.29. The molecule has 26 heavy (non-hydrogen) atoms. The molecule has 1 saturated heterocycles. The first-order chi connectivity index (χ1) is 12.6. The Hall–Kier alpha value is -2.60. The van der Waals surface area contributed by atoms with Crippen LogP contribution >= 0.6 is 11.6 Å². The van der Waals surface area contributed by atoms with Gasteiger partial charge in [0.2, 0.25) is 0 Å². The maximum absolute atomic E-state index is 13.1. The molecule has 0 spiro atoms. The molecule has 1 aromatic heterocycles. The number of carbonyl (C=O) groups is 1.